The van der Waals surface area contributed by atoms with Crippen molar-refractivity contribution in [1.82, 2.24) is 15.5 Å². The van der Waals surface area contributed by atoms with Crippen LogP contribution >= 0.6 is 37.2 Å². The number of nitrogens with zero attached hydrogens (tertiary/aromatic N) is 2. The molecule has 9 heteroatoms. The van der Waals surface area contributed by atoms with E-state index in [1.54, 1.807) is 6.07 Å². The molecule has 2 heterocycles. The van der Waals surface area contributed by atoms with Crippen LogP contribution in [0.3, 0.4) is 0 Å². The van der Waals surface area contributed by atoms with Crippen LogP contribution in [-0.4, -0.2) is 57.1 Å². The van der Waals surface area contributed by atoms with Crippen LogP contribution in [0.5, 0.6) is 0 Å². The van der Waals surface area contributed by atoms with E-state index in [-0.39, 0.29) is 60.9 Å². The molecule has 2 aliphatic heterocycles. The summed E-state index contributed by atoms with van der Waals surface area (Å²) in [5, 5.41) is 6.28. The highest BCUT2D eigenvalue weighted by Crippen LogP contribution is 2.28. The fourth-order valence-electron chi connectivity index (χ4n) is 3.49. The van der Waals surface area contributed by atoms with E-state index in [9.17, 15) is 9.18 Å². The van der Waals surface area contributed by atoms with Crippen molar-refractivity contribution in [2.45, 2.75) is 19.4 Å². The molecular weight excluding hydrogens is 414 g/mol. The van der Waals surface area contributed by atoms with Gasteiger partial charge in [-0.2, -0.15) is 0 Å². The number of anilines is 1. The Morgan fingerprint density at radius 1 is 1.22 bits per heavy atom. The minimum Gasteiger partial charge on any atom is -0.369 e. The maximum absolute atomic E-state index is 13.8. The third kappa shape index (κ3) is 6.64. The molecule has 1 amide bonds. The van der Waals surface area contributed by atoms with E-state index in [0.717, 1.165) is 56.9 Å². The molecule has 0 bridgehead atoms. The molecule has 0 saturated carbocycles. The molecule has 1 aromatic rings. The number of carbonyl (C=O) groups is 1. The molecule has 0 radical (unpaired) electrons. The highest BCUT2D eigenvalue weighted by molar-refractivity contribution is 5.86. The normalized spacial score (nSPS) is 20.7. The van der Waals surface area contributed by atoms with Crippen molar-refractivity contribution in [3.8, 4) is 0 Å². The van der Waals surface area contributed by atoms with Crippen LogP contribution in [0.2, 0.25) is 0 Å². The smallest absolute Gasteiger partial charge is 0.224 e. The van der Waals surface area contributed by atoms with E-state index in [1.807, 2.05) is 13.0 Å². The molecule has 2 atom stereocenters. The molecule has 5 nitrogen and oxygen atoms in total. The van der Waals surface area contributed by atoms with Crippen LogP contribution in [0, 0.1) is 11.7 Å². The molecule has 2 unspecified atom stereocenters. The van der Waals surface area contributed by atoms with Gasteiger partial charge in [-0.15, -0.1) is 37.2 Å². The van der Waals surface area contributed by atoms with Crippen molar-refractivity contribution in [2.75, 3.05) is 51.2 Å². The molecule has 0 aliphatic carbocycles. The monoisotopic (exact) mass is 442 g/mol. The first-order chi connectivity index (χ1) is 11.5. The third-order valence-electron chi connectivity index (χ3n) is 5.09. The maximum atomic E-state index is 13.8. The number of nitrogens with one attached hydrogen (secondary N) is 2. The highest BCUT2D eigenvalue weighted by Gasteiger charge is 2.26. The lowest BCUT2D eigenvalue weighted by Gasteiger charge is -2.36. The molecule has 2 saturated heterocycles. The summed E-state index contributed by atoms with van der Waals surface area (Å²) in [7, 11) is 2.11. The predicted octanol–water partition coefficient (Wildman–Crippen LogP) is 2.63. The first kappa shape index (κ1) is 26.2. The van der Waals surface area contributed by atoms with E-state index in [4.69, 9.17) is 0 Å². The van der Waals surface area contributed by atoms with Crippen LogP contribution in [-0.2, 0) is 4.79 Å². The lowest BCUT2D eigenvalue weighted by molar-refractivity contribution is -0.125. The van der Waals surface area contributed by atoms with Crippen LogP contribution in [0.25, 0.3) is 0 Å². The van der Waals surface area contributed by atoms with Gasteiger partial charge in [0.05, 0.1) is 12.0 Å². The molecule has 1 aromatic carbocycles. The Kier molecular flexibility index (Phi) is 11.6. The standard InChI is InChI=1S/C18H27FN4O.3ClH/c1-13(21-18(24)14-5-6-20-12-14)16-11-15(19)3-4-17(16)23-9-7-22(2)8-10-23;;;/h3-4,11,13-14,20H,5-10,12H2,1-2H3,(H,21,24);3*1H. The Balaban J connectivity index is 0.00000225. The number of amides is 1. The van der Waals surface area contributed by atoms with Crippen molar-refractivity contribution in [2.24, 2.45) is 5.92 Å². The first-order valence-electron chi connectivity index (χ1n) is 8.78. The topological polar surface area (TPSA) is 47.6 Å². The highest BCUT2D eigenvalue weighted by atomic mass is 35.5. The minimum atomic E-state index is -0.258. The molecule has 3 rings (SSSR count). The Morgan fingerprint density at radius 3 is 2.48 bits per heavy atom. The van der Waals surface area contributed by atoms with Gasteiger partial charge in [-0.3, -0.25) is 4.79 Å². The zero-order chi connectivity index (χ0) is 17.1. The molecular formula is C18H30Cl3FN4O. The summed E-state index contributed by atoms with van der Waals surface area (Å²) in [6.45, 7) is 7.38. The average Bonchev–Trinajstić information content (AvgIpc) is 3.10. The van der Waals surface area contributed by atoms with Gasteiger partial charge in [-0.25, -0.2) is 4.39 Å². The van der Waals surface area contributed by atoms with Gasteiger partial charge in [0.1, 0.15) is 5.82 Å². The lowest BCUT2D eigenvalue weighted by atomic mass is 10.0. The summed E-state index contributed by atoms with van der Waals surface area (Å²) in [5.74, 6) is -0.180. The van der Waals surface area contributed by atoms with Crippen LogP contribution < -0.4 is 15.5 Å². The van der Waals surface area contributed by atoms with Crippen molar-refractivity contribution >= 4 is 48.8 Å². The van der Waals surface area contributed by atoms with Gasteiger partial charge in [0.25, 0.3) is 0 Å². The number of likely N-dealkylation sites (N-methyl/N-ethyl adjacent to an activating group) is 1. The summed E-state index contributed by atoms with van der Waals surface area (Å²) in [4.78, 5) is 17.0. The van der Waals surface area contributed by atoms with Crippen molar-refractivity contribution < 1.29 is 9.18 Å². The van der Waals surface area contributed by atoms with E-state index in [0.29, 0.717) is 0 Å². The number of benzene rings is 1. The first-order valence-corrected chi connectivity index (χ1v) is 8.78. The van der Waals surface area contributed by atoms with Gasteiger partial charge >= 0.3 is 0 Å². The fraction of sp³-hybridized carbons (Fsp3) is 0.611. The van der Waals surface area contributed by atoms with Gasteiger partial charge in [-0.1, -0.05) is 0 Å². The largest absolute Gasteiger partial charge is 0.369 e. The van der Waals surface area contributed by atoms with E-state index >= 15 is 0 Å². The van der Waals surface area contributed by atoms with Crippen molar-refractivity contribution in [1.29, 1.82) is 0 Å². The number of carbonyl (C=O) groups excluding carboxylic acids is 1. The molecule has 2 aliphatic rings. The second-order valence-electron chi connectivity index (χ2n) is 6.91. The fourth-order valence-corrected chi connectivity index (χ4v) is 3.49. The lowest BCUT2D eigenvalue weighted by Crippen LogP contribution is -2.45. The molecule has 27 heavy (non-hydrogen) atoms. The summed E-state index contributed by atoms with van der Waals surface area (Å²) in [6.07, 6.45) is 0.868. The van der Waals surface area contributed by atoms with Crippen LogP contribution in [0.4, 0.5) is 10.1 Å². The molecule has 0 aromatic heterocycles. The SMILES string of the molecule is CC(NC(=O)C1CCNC1)c1cc(F)ccc1N1CCN(C)CC1.Cl.Cl.Cl. The van der Waals surface area contributed by atoms with Crippen LogP contribution in [0.15, 0.2) is 18.2 Å². The Hall–Kier alpha value is -0.790. The zero-order valence-electron chi connectivity index (χ0n) is 15.7. The molecule has 156 valence electrons. The minimum absolute atomic E-state index is 0. The number of hydrogen-bond donors (Lipinski definition) is 2. The van der Waals surface area contributed by atoms with Crippen LogP contribution in [0.1, 0.15) is 24.9 Å². The van der Waals surface area contributed by atoms with Gasteiger partial charge in [-0.05, 0) is 45.1 Å². The summed E-state index contributed by atoms with van der Waals surface area (Å²) < 4.78 is 13.8. The van der Waals surface area contributed by atoms with E-state index in [1.165, 1.54) is 6.07 Å². The second-order valence-corrected chi connectivity index (χ2v) is 6.91. The third-order valence-corrected chi connectivity index (χ3v) is 5.09. The quantitative estimate of drug-likeness (QED) is 0.751. The molecule has 0 spiro atoms. The van der Waals surface area contributed by atoms with Crippen molar-refractivity contribution in [3.05, 3.63) is 29.6 Å². The number of piperazine rings is 1. The predicted molar refractivity (Wildman–Crippen MR) is 115 cm³/mol. The van der Waals surface area contributed by atoms with Gasteiger partial charge in [0.2, 0.25) is 5.91 Å². The summed E-state index contributed by atoms with van der Waals surface area (Å²) in [5.41, 5.74) is 1.89. The summed E-state index contributed by atoms with van der Waals surface area (Å²) >= 11 is 0. The zero-order valence-corrected chi connectivity index (χ0v) is 18.2. The number of hydrogen-bond acceptors (Lipinski definition) is 4. The molecule has 2 N–H and O–H groups in total. The summed E-state index contributed by atoms with van der Waals surface area (Å²) in [6, 6.07) is 4.71. The Morgan fingerprint density at radius 2 is 1.89 bits per heavy atom. The molecule has 2 fully saturated rings. The number of rotatable bonds is 4. The van der Waals surface area contributed by atoms with Gasteiger partial charge in [0.15, 0.2) is 0 Å². The Bertz CT molecular complexity index is 594. The van der Waals surface area contributed by atoms with E-state index < -0.39 is 0 Å². The average molecular weight is 444 g/mol. The van der Waals surface area contributed by atoms with Crippen molar-refractivity contribution in [3.63, 3.8) is 0 Å². The Labute approximate surface area is 179 Å². The maximum Gasteiger partial charge on any atom is 0.224 e. The number of halogens is 4. The second kappa shape index (κ2) is 11.9. The van der Waals surface area contributed by atoms with Gasteiger partial charge < -0.3 is 20.4 Å². The van der Waals surface area contributed by atoms with E-state index in [2.05, 4.69) is 27.5 Å². The van der Waals surface area contributed by atoms with Gasteiger partial charge in [0, 0.05) is 44.0 Å².